The number of carbonyl (C=O) groups is 1. The Morgan fingerprint density at radius 3 is 2.91 bits per heavy atom. The summed E-state index contributed by atoms with van der Waals surface area (Å²) in [5.41, 5.74) is 8.13. The molecule has 1 atom stereocenters. The van der Waals surface area contributed by atoms with Gasteiger partial charge in [0.15, 0.2) is 5.13 Å². The van der Waals surface area contributed by atoms with Crippen LogP contribution in [-0.4, -0.2) is 45.9 Å². The SMILES string of the molecule is CCCN(CCC1CCC(NC(=O)/C=C/c2ccc[nH]2)CC1)[C@H]1CCc2nc(N)sc2C1. The summed E-state index contributed by atoms with van der Waals surface area (Å²) in [6, 6.07) is 4.83. The number of hydrogen-bond donors (Lipinski definition) is 3. The molecule has 0 radical (unpaired) electrons. The lowest BCUT2D eigenvalue weighted by atomic mass is 9.83. The Hall–Kier alpha value is -2.12. The monoisotopic (exact) mass is 455 g/mol. The molecule has 0 bridgehead atoms. The van der Waals surface area contributed by atoms with Gasteiger partial charge in [0.25, 0.3) is 0 Å². The molecule has 174 valence electrons. The third-order valence-corrected chi connectivity index (χ3v) is 7.96. The molecular weight excluding hydrogens is 418 g/mol. The third-order valence-electron chi connectivity index (χ3n) is 7.01. The Morgan fingerprint density at radius 1 is 1.31 bits per heavy atom. The van der Waals surface area contributed by atoms with E-state index in [-0.39, 0.29) is 5.91 Å². The lowest BCUT2D eigenvalue weighted by molar-refractivity contribution is -0.117. The fraction of sp³-hybridized carbons (Fsp3) is 0.600. The molecule has 2 aliphatic carbocycles. The Kier molecular flexibility index (Phi) is 8.03. The Bertz CT molecular complexity index is 882. The largest absolute Gasteiger partial charge is 0.375 e. The number of nitrogens with zero attached hydrogens (tertiary/aromatic N) is 2. The number of rotatable bonds is 9. The van der Waals surface area contributed by atoms with E-state index in [1.165, 1.54) is 55.8 Å². The van der Waals surface area contributed by atoms with Crippen molar-refractivity contribution in [3.05, 3.63) is 40.7 Å². The standard InChI is InChI=1S/C25H37N5OS/c1-2-15-30(21-10-11-22-23(17-21)32-25(26)29-22)16-13-18-5-7-20(8-6-18)28-24(31)12-9-19-4-3-14-27-19/h3-4,9,12,14,18,20-21,27H,2,5-8,10-11,13,15-17H2,1H3,(H2,26,29)(H,28,31)/b12-9+/t18?,20?,21-/m0/s1. The van der Waals surface area contributed by atoms with Crippen molar-refractivity contribution in [3.63, 3.8) is 0 Å². The second-order valence-corrected chi connectivity index (χ2v) is 10.4. The topological polar surface area (TPSA) is 87.0 Å². The fourth-order valence-electron chi connectivity index (χ4n) is 5.26. The minimum Gasteiger partial charge on any atom is -0.375 e. The van der Waals surface area contributed by atoms with Gasteiger partial charge in [0, 0.05) is 34.9 Å². The van der Waals surface area contributed by atoms with Crippen LogP contribution >= 0.6 is 11.3 Å². The van der Waals surface area contributed by atoms with E-state index in [2.05, 4.69) is 27.1 Å². The van der Waals surface area contributed by atoms with Crippen LogP contribution in [-0.2, 0) is 17.6 Å². The van der Waals surface area contributed by atoms with Gasteiger partial charge in [-0.3, -0.25) is 4.79 Å². The van der Waals surface area contributed by atoms with Crippen molar-refractivity contribution >= 4 is 28.5 Å². The van der Waals surface area contributed by atoms with Gasteiger partial charge in [0.2, 0.25) is 5.91 Å². The smallest absolute Gasteiger partial charge is 0.244 e. The van der Waals surface area contributed by atoms with Crippen LogP contribution in [0.25, 0.3) is 6.08 Å². The van der Waals surface area contributed by atoms with E-state index >= 15 is 0 Å². The molecule has 0 aromatic carbocycles. The summed E-state index contributed by atoms with van der Waals surface area (Å²) in [4.78, 5) is 23.9. The molecular formula is C25H37N5OS. The predicted octanol–water partition coefficient (Wildman–Crippen LogP) is 4.40. The van der Waals surface area contributed by atoms with Crippen molar-refractivity contribution in [2.24, 2.45) is 5.92 Å². The zero-order chi connectivity index (χ0) is 22.3. The van der Waals surface area contributed by atoms with Crippen molar-refractivity contribution in [1.82, 2.24) is 20.2 Å². The number of aromatic amines is 1. The summed E-state index contributed by atoms with van der Waals surface area (Å²) in [5.74, 6) is 0.785. The van der Waals surface area contributed by atoms with Crippen molar-refractivity contribution < 1.29 is 4.79 Å². The van der Waals surface area contributed by atoms with Gasteiger partial charge in [-0.2, -0.15) is 0 Å². The van der Waals surface area contributed by atoms with Crippen molar-refractivity contribution in [2.75, 3.05) is 18.8 Å². The first-order chi connectivity index (χ1) is 15.6. The van der Waals surface area contributed by atoms with Crippen LogP contribution in [0.2, 0.25) is 0 Å². The fourth-order valence-corrected chi connectivity index (χ4v) is 6.21. The van der Waals surface area contributed by atoms with Gasteiger partial charge in [-0.25, -0.2) is 4.98 Å². The van der Waals surface area contributed by atoms with Crippen molar-refractivity contribution in [1.29, 1.82) is 0 Å². The number of H-pyrrole nitrogens is 1. The molecule has 1 fully saturated rings. The second kappa shape index (κ2) is 11.1. The molecule has 0 unspecified atom stereocenters. The lowest BCUT2D eigenvalue weighted by Crippen LogP contribution is -2.41. The van der Waals surface area contributed by atoms with Crippen LogP contribution in [0.3, 0.4) is 0 Å². The lowest BCUT2D eigenvalue weighted by Gasteiger charge is -2.36. The summed E-state index contributed by atoms with van der Waals surface area (Å²) in [7, 11) is 0. The van der Waals surface area contributed by atoms with Crippen LogP contribution in [0.4, 0.5) is 5.13 Å². The zero-order valence-electron chi connectivity index (χ0n) is 19.2. The number of aryl methyl sites for hydroxylation is 1. The van der Waals surface area contributed by atoms with Gasteiger partial charge in [-0.15, -0.1) is 11.3 Å². The van der Waals surface area contributed by atoms with Crippen LogP contribution < -0.4 is 11.1 Å². The maximum absolute atomic E-state index is 12.2. The molecule has 0 aliphatic heterocycles. The molecule has 4 rings (SSSR count). The molecule has 2 aliphatic rings. The Labute approximate surface area is 195 Å². The highest BCUT2D eigenvalue weighted by atomic mass is 32.1. The third kappa shape index (κ3) is 6.23. The van der Waals surface area contributed by atoms with E-state index in [1.54, 1.807) is 17.4 Å². The molecule has 1 saturated carbocycles. The van der Waals surface area contributed by atoms with Gasteiger partial charge >= 0.3 is 0 Å². The Morgan fingerprint density at radius 2 is 2.16 bits per heavy atom. The first kappa shape index (κ1) is 23.1. The number of nitrogens with two attached hydrogens (primary N) is 1. The molecule has 7 heteroatoms. The molecule has 0 saturated heterocycles. The summed E-state index contributed by atoms with van der Waals surface area (Å²) in [6.07, 6.45) is 15.8. The molecule has 4 N–H and O–H groups in total. The highest BCUT2D eigenvalue weighted by Crippen LogP contribution is 2.32. The normalized spacial score (nSPS) is 23.5. The summed E-state index contributed by atoms with van der Waals surface area (Å²) < 4.78 is 0. The molecule has 2 aromatic rings. The van der Waals surface area contributed by atoms with E-state index in [0.717, 1.165) is 42.4 Å². The van der Waals surface area contributed by atoms with Gasteiger partial charge in [-0.1, -0.05) is 6.92 Å². The minimum atomic E-state index is 0.0116. The van der Waals surface area contributed by atoms with Crippen molar-refractivity contribution in [3.8, 4) is 0 Å². The number of nitrogens with one attached hydrogen (secondary N) is 2. The number of anilines is 1. The molecule has 0 spiro atoms. The number of hydrogen-bond acceptors (Lipinski definition) is 5. The number of fused-ring (bicyclic) bond motifs is 1. The highest BCUT2D eigenvalue weighted by Gasteiger charge is 2.28. The van der Waals surface area contributed by atoms with Gasteiger partial charge in [0.1, 0.15) is 0 Å². The minimum absolute atomic E-state index is 0.0116. The van der Waals surface area contributed by atoms with Crippen LogP contribution in [0.1, 0.15) is 68.1 Å². The number of thiazole rings is 1. The second-order valence-electron chi connectivity index (χ2n) is 9.33. The first-order valence-electron chi connectivity index (χ1n) is 12.2. The molecule has 2 heterocycles. The number of carbonyl (C=O) groups excluding carboxylic acids is 1. The van der Waals surface area contributed by atoms with E-state index in [4.69, 9.17) is 5.73 Å². The molecule has 32 heavy (non-hydrogen) atoms. The maximum Gasteiger partial charge on any atom is 0.244 e. The molecule has 1 amide bonds. The summed E-state index contributed by atoms with van der Waals surface area (Å²) in [5, 5.41) is 3.91. The van der Waals surface area contributed by atoms with E-state index in [1.807, 2.05) is 24.4 Å². The average molecular weight is 456 g/mol. The van der Waals surface area contributed by atoms with Gasteiger partial charge < -0.3 is 20.9 Å². The van der Waals surface area contributed by atoms with Gasteiger partial charge in [-0.05, 0) is 95.0 Å². The predicted molar refractivity (Wildman–Crippen MR) is 133 cm³/mol. The zero-order valence-corrected chi connectivity index (χ0v) is 20.0. The summed E-state index contributed by atoms with van der Waals surface area (Å²) >= 11 is 1.68. The van der Waals surface area contributed by atoms with E-state index in [0.29, 0.717) is 12.1 Å². The highest BCUT2D eigenvalue weighted by molar-refractivity contribution is 7.15. The molecule has 2 aromatic heterocycles. The number of amides is 1. The van der Waals surface area contributed by atoms with Crippen LogP contribution in [0.15, 0.2) is 24.4 Å². The van der Waals surface area contributed by atoms with Crippen molar-refractivity contribution in [2.45, 2.75) is 76.8 Å². The first-order valence-corrected chi connectivity index (χ1v) is 13.0. The summed E-state index contributed by atoms with van der Waals surface area (Å²) in [6.45, 7) is 4.64. The molecule has 6 nitrogen and oxygen atoms in total. The van der Waals surface area contributed by atoms with Gasteiger partial charge in [0.05, 0.1) is 5.69 Å². The number of nitrogen functional groups attached to an aromatic ring is 1. The average Bonchev–Trinajstić information content (AvgIpc) is 3.44. The van der Waals surface area contributed by atoms with E-state index in [9.17, 15) is 4.79 Å². The maximum atomic E-state index is 12.2. The number of aromatic nitrogens is 2. The van der Waals surface area contributed by atoms with E-state index < -0.39 is 0 Å². The van der Waals surface area contributed by atoms with Crippen LogP contribution in [0, 0.1) is 5.92 Å². The van der Waals surface area contributed by atoms with Crippen LogP contribution in [0.5, 0.6) is 0 Å². The Balaban J connectivity index is 1.20. The quantitative estimate of drug-likeness (QED) is 0.489.